The van der Waals surface area contributed by atoms with E-state index in [0.717, 1.165) is 41.7 Å². The third kappa shape index (κ3) is 4.05. The molecule has 0 radical (unpaired) electrons. The number of fused-ring (bicyclic) bond motifs is 2. The van der Waals surface area contributed by atoms with Crippen molar-refractivity contribution in [3.63, 3.8) is 0 Å². The number of rotatable bonds is 9. The van der Waals surface area contributed by atoms with Crippen LogP contribution in [0.4, 0.5) is 5.95 Å². The summed E-state index contributed by atoms with van der Waals surface area (Å²) < 4.78 is 5.25. The van der Waals surface area contributed by atoms with Gasteiger partial charge < -0.3 is 9.47 Å². The van der Waals surface area contributed by atoms with Gasteiger partial charge in [0.2, 0.25) is 11.9 Å². The fraction of sp³-hybridized carbons (Fsp3) is 0.375. The summed E-state index contributed by atoms with van der Waals surface area (Å²) in [5.74, 6) is 0.237. The molecule has 168 valence electrons. The van der Waals surface area contributed by atoms with E-state index >= 15 is 0 Å². The van der Waals surface area contributed by atoms with E-state index in [1.54, 1.807) is 4.57 Å². The van der Waals surface area contributed by atoms with Gasteiger partial charge in [-0.25, -0.2) is 9.78 Å². The number of hydrogen-bond donors (Lipinski definition) is 1. The number of amides is 1. The maximum absolute atomic E-state index is 13.0. The molecule has 0 bridgehead atoms. The summed E-state index contributed by atoms with van der Waals surface area (Å²) in [6.07, 6.45) is 0. The van der Waals surface area contributed by atoms with E-state index in [4.69, 9.17) is 0 Å². The van der Waals surface area contributed by atoms with Gasteiger partial charge in [0.15, 0.2) is 0 Å². The Morgan fingerprint density at radius 1 is 0.906 bits per heavy atom. The van der Waals surface area contributed by atoms with Crippen molar-refractivity contribution in [1.29, 1.82) is 0 Å². The van der Waals surface area contributed by atoms with Crippen molar-refractivity contribution >= 4 is 33.9 Å². The monoisotopic (exact) mass is 434 g/mol. The number of aromatic nitrogens is 4. The third-order valence-electron chi connectivity index (χ3n) is 5.98. The molecule has 0 aliphatic rings. The molecule has 0 saturated carbocycles. The summed E-state index contributed by atoms with van der Waals surface area (Å²) in [5, 5.41) is 2.95. The summed E-state index contributed by atoms with van der Waals surface area (Å²) in [4.78, 5) is 32.9. The molecule has 2 aromatic heterocycles. The topological polar surface area (TPSA) is 77.1 Å². The van der Waals surface area contributed by atoms with Crippen molar-refractivity contribution in [2.24, 2.45) is 0 Å². The minimum Gasteiger partial charge on any atom is -0.309 e. The van der Waals surface area contributed by atoms with Crippen molar-refractivity contribution < 1.29 is 4.79 Å². The number of para-hydroxylation sites is 4. The molecular formula is C24H30N6O2. The van der Waals surface area contributed by atoms with Crippen molar-refractivity contribution in [1.82, 2.24) is 23.6 Å². The lowest BCUT2D eigenvalue weighted by molar-refractivity contribution is -0.116. The van der Waals surface area contributed by atoms with Gasteiger partial charge in [0.05, 0.1) is 22.1 Å². The molecule has 0 saturated heterocycles. The average Bonchev–Trinajstić information content (AvgIpc) is 3.28. The predicted molar refractivity (Wildman–Crippen MR) is 128 cm³/mol. The van der Waals surface area contributed by atoms with Gasteiger partial charge in [-0.05, 0) is 44.3 Å². The van der Waals surface area contributed by atoms with Gasteiger partial charge in [0.25, 0.3) is 0 Å². The van der Waals surface area contributed by atoms with Crippen molar-refractivity contribution in [2.75, 3.05) is 25.0 Å². The predicted octanol–water partition coefficient (Wildman–Crippen LogP) is 3.15. The van der Waals surface area contributed by atoms with Crippen LogP contribution >= 0.6 is 0 Å². The molecule has 1 N–H and O–H groups in total. The number of nitrogens with zero attached hydrogens (tertiary/aromatic N) is 5. The molecule has 0 unspecified atom stereocenters. The van der Waals surface area contributed by atoms with Gasteiger partial charge in [-0.1, -0.05) is 38.1 Å². The number of imidazole rings is 2. The van der Waals surface area contributed by atoms with E-state index in [1.165, 1.54) is 4.57 Å². The van der Waals surface area contributed by atoms with Crippen LogP contribution < -0.4 is 11.0 Å². The first kappa shape index (κ1) is 21.8. The highest BCUT2D eigenvalue weighted by Crippen LogP contribution is 2.20. The minimum atomic E-state index is -0.273. The van der Waals surface area contributed by atoms with E-state index in [1.807, 2.05) is 60.0 Å². The number of likely N-dealkylation sites (N-methyl/N-ethyl adjacent to an activating group) is 1. The Kier molecular flexibility index (Phi) is 6.41. The van der Waals surface area contributed by atoms with Crippen LogP contribution in [0.1, 0.15) is 20.8 Å². The van der Waals surface area contributed by atoms with Gasteiger partial charge >= 0.3 is 5.69 Å². The van der Waals surface area contributed by atoms with Crippen LogP contribution in [0.2, 0.25) is 0 Å². The Bertz CT molecular complexity index is 1300. The van der Waals surface area contributed by atoms with Crippen LogP contribution in [0.25, 0.3) is 22.1 Å². The lowest BCUT2D eigenvalue weighted by Crippen LogP contribution is -2.30. The molecule has 0 fully saturated rings. The highest BCUT2D eigenvalue weighted by atomic mass is 16.2. The first-order chi connectivity index (χ1) is 15.6. The van der Waals surface area contributed by atoms with Crippen molar-refractivity contribution in [3.05, 3.63) is 59.0 Å². The zero-order valence-corrected chi connectivity index (χ0v) is 18.9. The molecular weight excluding hydrogens is 404 g/mol. The maximum Gasteiger partial charge on any atom is 0.329 e. The molecule has 0 spiro atoms. The number of aryl methyl sites for hydroxylation is 1. The molecule has 0 aliphatic carbocycles. The zero-order chi connectivity index (χ0) is 22.7. The van der Waals surface area contributed by atoms with E-state index in [2.05, 4.69) is 29.0 Å². The van der Waals surface area contributed by atoms with E-state index in [9.17, 15) is 9.59 Å². The largest absolute Gasteiger partial charge is 0.329 e. The van der Waals surface area contributed by atoms with E-state index < -0.39 is 0 Å². The summed E-state index contributed by atoms with van der Waals surface area (Å²) in [6.45, 7) is 10.2. The second-order valence-electron chi connectivity index (χ2n) is 7.75. The lowest BCUT2D eigenvalue weighted by Gasteiger charge is -2.19. The number of hydrogen-bond acceptors (Lipinski definition) is 4. The standard InChI is InChI=1S/C24H30N6O2/c1-4-27(5-2)15-16-29-19-12-8-7-11-18(19)25-23(29)26-22(31)17-30-21-14-10-9-13-20(21)28(6-3)24(30)32/h7-14H,4-6,15-17H2,1-3H3,(H,25,26,31). The molecule has 8 nitrogen and oxygen atoms in total. The second-order valence-corrected chi connectivity index (χ2v) is 7.75. The van der Waals surface area contributed by atoms with Gasteiger partial charge in [0.1, 0.15) is 6.54 Å². The van der Waals surface area contributed by atoms with Gasteiger partial charge in [-0.15, -0.1) is 0 Å². The highest BCUT2D eigenvalue weighted by Gasteiger charge is 2.17. The van der Waals surface area contributed by atoms with Gasteiger partial charge in [-0.3, -0.25) is 19.2 Å². The molecule has 8 heteroatoms. The average molecular weight is 435 g/mol. The number of carbonyl (C=O) groups excluding carboxylic acids is 1. The quantitative estimate of drug-likeness (QED) is 0.439. The lowest BCUT2D eigenvalue weighted by atomic mass is 10.3. The fourth-order valence-electron chi connectivity index (χ4n) is 4.22. The molecule has 2 heterocycles. The Labute approximate surface area is 187 Å². The summed E-state index contributed by atoms with van der Waals surface area (Å²) >= 11 is 0. The second kappa shape index (κ2) is 9.40. The first-order valence-electron chi connectivity index (χ1n) is 11.2. The number of nitrogens with one attached hydrogen (secondary N) is 1. The SMILES string of the molecule is CCN(CC)CCn1c(NC(=O)Cn2c(=O)n(CC)c3ccccc32)nc2ccccc21. The van der Waals surface area contributed by atoms with Crippen LogP contribution in [0.3, 0.4) is 0 Å². The van der Waals surface area contributed by atoms with Crippen LogP contribution in [0.5, 0.6) is 0 Å². The normalized spacial score (nSPS) is 11.6. The molecule has 32 heavy (non-hydrogen) atoms. The molecule has 0 aliphatic heterocycles. The summed E-state index contributed by atoms with van der Waals surface area (Å²) in [6, 6.07) is 15.4. The zero-order valence-electron chi connectivity index (χ0n) is 18.9. The summed E-state index contributed by atoms with van der Waals surface area (Å²) in [7, 11) is 0. The molecule has 0 atom stereocenters. The Balaban J connectivity index is 1.62. The van der Waals surface area contributed by atoms with Crippen LogP contribution in [-0.2, 0) is 24.4 Å². The third-order valence-corrected chi connectivity index (χ3v) is 5.98. The minimum absolute atomic E-state index is 0.0639. The van der Waals surface area contributed by atoms with Gasteiger partial charge in [0, 0.05) is 19.6 Å². The maximum atomic E-state index is 13.0. The van der Waals surface area contributed by atoms with Crippen molar-refractivity contribution in [3.8, 4) is 0 Å². The van der Waals surface area contributed by atoms with E-state index in [0.29, 0.717) is 19.0 Å². The Morgan fingerprint density at radius 3 is 2.19 bits per heavy atom. The van der Waals surface area contributed by atoms with Crippen LogP contribution in [0.15, 0.2) is 53.3 Å². The fourth-order valence-corrected chi connectivity index (χ4v) is 4.22. The van der Waals surface area contributed by atoms with E-state index in [-0.39, 0.29) is 18.1 Å². The Hall–Kier alpha value is -3.39. The summed E-state index contributed by atoms with van der Waals surface area (Å²) in [5.41, 5.74) is 3.22. The van der Waals surface area contributed by atoms with Crippen molar-refractivity contribution in [2.45, 2.75) is 40.4 Å². The molecule has 2 aromatic carbocycles. The highest BCUT2D eigenvalue weighted by molar-refractivity contribution is 5.92. The molecule has 1 amide bonds. The first-order valence-corrected chi connectivity index (χ1v) is 11.2. The van der Waals surface area contributed by atoms with Crippen LogP contribution in [0, 0.1) is 0 Å². The smallest absolute Gasteiger partial charge is 0.309 e. The number of anilines is 1. The molecule has 4 rings (SSSR count). The van der Waals surface area contributed by atoms with Crippen LogP contribution in [-0.4, -0.2) is 49.1 Å². The number of benzene rings is 2. The van der Waals surface area contributed by atoms with Gasteiger partial charge in [-0.2, -0.15) is 0 Å². The number of carbonyl (C=O) groups is 1. The molecule has 4 aromatic rings. The Morgan fingerprint density at radius 2 is 1.53 bits per heavy atom.